The third-order valence-electron chi connectivity index (χ3n) is 3.93. The molecular formula is C14H20BrN3O. The van der Waals surface area contributed by atoms with E-state index in [0.29, 0.717) is 12.1 Å². The lowest BCUT2D eigenvalue weighted by Crippen LogP contribution is -2.31. The fraction of sp³-hybridized carbons (Fsp3) is 0.643. The summed E-state index contributed by atoms with van der Waals surface area (Å²) in [5.74, 6) is 0.0515. The van der Waals surface area contributed by atoms with Gasteiger partial charge in [0.05, 0.1) is 0 Å². The molecule has 1 amide bonds. The predicted molar refractivity (Wildman–Crippen MR) is 78.4 cm³/mol. The molecule has 0 bridgehead atoms. The monoisotopic (exact) mass is 325 g/mol. The van der Waals surface area contributed by atoms with Gasteiger partial charge in [-0.3, -0.25) is 4.79 Å². The minimum absolute atomic E-state index is 0.0515. The fourth-order valence-corrected chi connectivity index (χ4v) is 3.17. The average Bonchev–Trinajstić information content (AvgIpc) is 2.96. The van der Waals surface area contributed by atoms with Crippen molar-refractivity contribution in [3.05, 3.63) is 22.4 Å². The van der Waals surface area contributed by atoms with Crippen molar-refractivity contribution in [1.82, 2.24) is 15.2 Å². The van der Waals surface area contributed by atoms with E-state index >= 15 is 0 Å². The van der Waals surface area contributed by atoms with E-state index in [0.717, 1.165) is 29.7 Å². The zero-order chi connectivity index (χ0) is 13.2. The van der Waals surface area contributed by atoms with Gasteiger partial charge in [-0.15, -0.1) is 0 Å². The molecule has 0 spiro atoms. The molecule has 1 aromatic heterocycles. The molecule has 1 aliphatic carbocycles. The number of aromatic nitrogens is 1. The zero-order valence-corrected chi connectivity index (χ0v) is 12.6. The van der Waals surface area contributed by atoms with Gasteiger partial charge in [0.15, 0.2) is 0 Å². The molecule has 1 aliphatic heterocycles. The van der Waals surface area contributed by atoms with E-state index in [2.05, 4.69) is 31.1 Å². The Morgan fingerprint density at radius 2 is 2.32 bits per heavy atom. The topological polar surface area (TPSA) is 46.1 Å². The standard InChI is InChI=1S/C14H20BrN3O/c15-10-8-13(18(9-10)12-3-4-12)14(19)17-7-5-11-2-1-6-16-11/h8-9,11-12,16H,1-7H2,(H,17,19)/t11-/m1/s1. The van der Waals surface area contributed by atoms with E-state index in [9.17, 15) is 4.79 Å². The van der Waals surface area contributed by atoms with Gasteiger partial charge in [0.25, 0.3) is 5.91 Å². The van der Waals surface area contributed by atoms with Crippen LogP contribution in [0, 0.1) is 0 Å². The van der Waals surface area contributed by atoms with Gasteiger partial charge in [-0.2, -0.15) is 0 Å². The van der Waals surface area contributed by atoms with E-state index in [1.165, 1.54) is 25.7 Å². The van der Waals surface area contributed by atoms with Crippen LogP contribution in [0.25, 0.3) is 0 Å². The number of halogens is 1. The maximum atomic E-state index is 12.2. The van der Waals surface area contributed by atoms with Crippen LogP contribution < -0.4 is 10.6 Å². The molecule has 0 unspecified atom stereocenters. The Labute approximate surface area is 122 Å². The molecule has 2 fully saturated rings. The summed E-state index contributed by atoms with van der Waals surface area (Å²) in [6.07, 6.45) is 7.92. The van der Waals surface area contributed by atoms with E-state index in [1.807, 2.05) is 12.3 Å². The van der Waals surface area contributed by atoms with Gasteiger partial charge in [-0.1, -0.05) is 0 Å². The van der Waals surface area contributed by atoms with Crippen molar-refractivity contribution < 1.29 is 4.79 Å². The third kappa shape index (κ3) is 3.20. The van der Waals surface area contributed by atoms with E-state index < -0.39 is 0 Å². The summed E-state index contributed by atoms with van der Waals surface area (Å²) in [4.78, 5) is 12.2. The van der Waals surface area contributed by atoms with E-state index in [4.69, 9.17) is 0 Å². The van der Waals surface area contributed by atoms with Crippen LogP contribution in [0.1, 0.15) is 48.6 Å². The fourth-order valence-electron chi connectivity index (χ4n) is 2.74. The lowest BCUT2D eigenvalue weighted by atomic mass is 10.1. The van der Waals surface area contributed by atoms with Crippen molar-refractivity contribution in [2.75, 3.05) is 13.1 Å². The van der Waals surface area contributed by atoms with E-state index in [1.54, 1.807) is 0 Å². The Morgan fingerprint density at radius 3 is 3.00 bits per heavy atom. The number of nitrogens with one attached hydrogen (secondary N) is 2. The van der Waals surface area contributed by atoms with Crippen LogP contribution in [-0.4, -0.2) is 29.6 Å². The zero-order valence-electron chi connectivity index (χ0n) is 11.0. The minimum atomic E-state index is 0.0515. The van der Waals surface area contributed by atoms with Gasteiger partial charge >= 0.3 is 0 Å². The van der Waals surface area contributed by atoms with Gasteiger partial charge in [-0.05, 0) is 60.6 Å². The highest BCUT2D eigenvalue weighted by Crippen LogP contribution is 2.37. The Kier molecular flexibility index (Phi) is 3.93. The molecule has 2 N–H and O–H groups in total. The smallest absolute Gasteiger partial charge is 0.267 e. The summed E-state index contributed by atoms with van der Waals surface area (Å²) in [5.41, 5.74) is 0.786. The Morgan fingerprint density at radius 1 is 1.47 bits per heavy atom. The first-order chi connectivity index (χ1) is 9.24. The second-order valence-corrected chi connectivity index (χ2v) is 6.44. The molecule has 2 heterocycles. The maximum Gasteiger partial charge on any atom is 0.267 e. The van der Waals surface area contributed by atoms with Crippen molar-refractivity contribution in [2.45, 2.75) is 44.2 Å². The highest BCUT2D eigenvalue weighted by Gasteiger charge is 2.27. The van der Waals surface area contributed by atoms with Crippen LogP contribution in [0.15, 0.2) is 16.7 Å². The van der Waals surface area contributed by atoms with Gasteiger partial charge in [-0.25, -0.2) is 0 Å². The van der Waals surface area contributed by atoms with Crippen LogP contribution in [-0.2, 0) is 0 Å². The third-order valence-corrected chi connectivity index (χ3v) is 4.36. The summed E-state index contributed by atoms with van der Waals surface area (Å²) in [6.45, 7) is 1.88. The summed E-state index contributed by atoms with van der Waals surface area (Å²) in [7, 11) is 0. The Bertz CT molecular complexity index is 461. The minimum Gasteiger partial charge on any atom is -0.351 e. The Balaban J connectivity index is 1.54. The van der Waals surface area contributed by atoms with Gasteiger partial charge in [0, 0.05) is 29.3 Å². The van der Waals surface area contributed by atoms with Gasteiger partial charge < -0.3 is 15.2 Å². The molecule has 1 saturated heterocycles. The van der Waals surface area contributed by atoms with Crippen molar-refractivity contribution in [3.63, 3.8) is 0 Å². The van der Waals surface area contributed by atoms with Crippen LogP contribution in [0.5, 0.6) is 0 Å². The Hall–Kier alpha value is -0.810. The van der Waals surface area contributed by atoms with Crippen LogP contribution >= 0.6 is 15.9 Å². The van der Waals surface area contributed by atoms with Crippen molar-refractivity contribution in [1.29, 1.82) is 0 Å². The summed E-state index contributed by atoms with van der Waals surface area (Å²) < 4.78 is 3.09. The molecule has 19 heavy (non-hydrogen) atoms. The van der Waals surface area contributed by atoms with Crippen molar-refractivity contribution >= 4 is 21.8 Å². The van der Waals surface area contributed by atoms with Gasteiger partial charge in [0.2, 0.25) is 0 Å². The van der Waals surface area contributed by atoms with Crippen LogP contribution in [0.4, 0.5) is 0 Å². The van der Waals surface area contributed by atoms with Crippen LogP contribution in [0.3, 0.4) is 0 Å². The molecule has 1 atom stereocenters. The quantitative estimate of drug-likeness (QED) is 0.873. The molecule has 1 saturated carbocycles. The number of amides is 1. The molecule has 2 aliphatic rings. The number of carbonyl (C=O) groups excluding carboxylic acids is 1. The molecule has 4 nitrogen and oxygen atoms in total. The first-order valence-electron chi connectivity index (χ1n) is 7.13. The normalized spacial score (nSPS) is 22.7. The maximum absolute atomic E-state index is 12.2. The van der Waals surface area contributed by atoms with Crippen LogP contribution in [0.2, 0.25) is 0 Å². The lowest BCUT2D eigenvalue weighted by Gasteiger charge is -2.12. The SMILES string of the molecule is O=C(NCC[C@H]1CCCN1)c1cc(Br)cn1C1CC1. The van der Waals surface area contributed by atoms with Crippen molar-refractivity contribution in [2.24, 2.45) is 0 Å². The lowest BCUT2D eigenvalue weighted by molar-refractivity contribution is 0.0943. The largest absolute Gasteiger partial charge is 0.351 e. The molecule has 104 valence electrons. The first-order valence-corrected chi connectivity index (χ1v) is 7.92. The van der Waals surface area contributed by atoms with E-state index in [-0.39, 0.29) is 5.91 Å². The highest BCUT2D eigenvalue weighted by atomic mass is 79.9. The predicted octanol–water partition coefficient (Wildman–Crippen LogP) is 2.46. The number of nitrogens with zero attached hydrogens (tertiary/aromatic N) is 1. The summed E-state index contributed by atoms with van der Waals surface area (Å²) >= 11 is 3.46. The molecule has 1 aromatic rings. The second-order valence-electron chi connectivity index (χ2n) is 5.52. The van der Waals surface area contributed by atoms with Gasteiger partial charge in [0.1, 0.15) is 5.69 Å². The molecule has 0 aromatic carbocycles. The molecule has 3 rings (SSSR count). The number of rotatable bonds is 5. The first kappa shape index (κ1) is 13.2. The summed E-state index contributed by atoms with van der Waals surface area (Å²) in [6, 6.07) is 3.03. The number of hydrogen-bond donors (Lipinski definition) is 2. The van der Waals surface area contributed by atoms with Crippen molar-refractivity contribution in [3.8, 4) is 0 Å². The number of carbonyl (C=O) groups is 1. The molecular weight excluding hydrogens is 306 g/mol. The second kappa shape index (κ2) is 5.67. The summed E-state index contributed by atoms with van der Waals surface area (Å²) in [5, 5.41) is 6.49. The highest BCUT2D eigenvalue weighted by molar-refractivity contribution is 9.10. The number of hydrogen-bond acceptors (Lipinski definition) is 2. The molecule has 5 heteroatoms. The average molecular weight is 326 g/mol. The molecule has 0 radical (unpaired) electrons.